The fourth-order valence-electron chi connectivity index (χ4n) is 2.58. The monoisotopic (exact) mass is 365 g/mol. The van der Waals surface area contributed by atoms with Gasteiger partial charge in [0.2, 0.25) is 0 Å². The second-order valence-electron chi connectivity index (χ2n) is 5.39. The zero-order valence-electron chi connectivity index (χ0n) is 12.9. The van der Waals surface area contributed by atoms with E-state index in [2.05, 4.69) is 33.5 Å². The normalized spacial score (nSPS) is 10.8. The first kappa shape index (κ1) is 15.7. The van der Waals surface area contributed by atoms with Gasteiger partial charge in [0.1, 0.15) is 5.15 Å². The molecule has 122 valence electrons. The van der Waals surface area contributed by atoms with Crippen LogP contribution in [0.15, 0.2) is 66.2 Å². The fourth-order valence-corrected chi connectivity index (χ4v) is 3.40. The van der Waals surface area contributed by atoms with E-state index in [-0.39, 0.29) is 5.91 Å². The van der Waals surface area contributed by atoms with E-state index in [1.165, 1.54) is 17.5 Å². The van der Waals surface area contributed by atoms with E-state index in [1.807, 2.05) is 29.6 Å². The van der Waals surface area contributed by atoms with Gasteiger partial charge in [-0.25, -0.2) is 9.97 Å². The van der Waals surface area contributed by atoms with Crippen molar-refractivity contribution in [3.05, 3.63) is 76.9 Å². The third-order valence-electron chi connectivity index (χ3n) is 3.78. The Morgan fingerprint density at radius 3 is 2.72 bits per heavy atom. The van der Waals surface area contributed by atoms with Crippen LogP contribution in [0.4, 0.5) is 5.13 Å². The second-order valence-corrected chi connectivity index (χ2v) is 6.63. The number of nitrogens with zero attached hydrogens (tertiary/aromatic N) is 2. The topological polar surface area (TPSA) is 54.9 Å². The maximum absolute atomic E-state index is 12.3. The number of thiazole rings is 1. The van der Waals surface area contributed by atoms with Crippen LogP contribution < -0.4 is 5.32 Å². The molecule has 6 heteroatoms. The van der Waals surface area contributed by atoms with Gasteiger partial charge in [-0.3, -0.25) is 10.1 Å². The van der Waals surface area contributed by atoms with Crippen LogP contribution in [0.5, 0.6) is 0 Å². The first-order valence-electron chi connectivity index (χ1n) is 7.57. The van der Waals surface area contributed by atoms with Gasteiger partial charge in [-0.15, -0.1) is 11.3 Å². The van der Waals surface area contributed by atoms with Crippen LogP contribution in [0, 0.1) is 0 Å². The quantitative estimate of drug-likeness (QED) is 0.503. The van der Waals surface area contributed by atoms with Crippen molar-refractivity contribution in [1.82, 2.24) is 9.97 Å². The minimum absolute atomic E-state index is 0.261. The van der Waals surface area contributed by atoms with Gasteiger partial charge in [-0.1, -0.05) is 54.1 Å². The largest absolute Gasteiger partial charge is 0.298 e. The summed E-state index contributed by atoms with van der Waals surface area (Å²) in [6, 6.07) is 17.5. The van der Waals surface area contributed by atoms with Crippen LogP contribution in [0.2, 0.25) is 5.15 Å². The van der Waals surface area contributed by atoms with Crippen molar-refractivity contribution in [2.75, 3.05) is 5.32 Å². The highest BCUT2D eigenvalue weighted by molar-refractivity contribution is 7.14. The zero-order valence-corrected chi connectivity index (χ0v) is 14.5. The van der Waals surface area contributed by atoms with E-state index in [0.29, 0.717) is 15.8 Å². The number of carbonyl (C=O) groups is 1. The van der Waals surface area contributed by atoms with Gasteiger partial charge in [0.25, 0.3) is 5.91 Å². The van der Waals surface area contributed by atoms with Crippen molar-refractivity contribution in [1.29, 1.82) is 0 Å². The van der Waals surface area contributed by atoms with E-state index in [1.54, 1.807) is 12.1 Å². The lowest BCUT2D eigenvalue weighted by Crippen LogP contribution is -2.11. The minimum atomic E-state index is -0.261. The summed E-state index contributed by atoms with van der Waals surface area (Å²) in [4.78, 5) is 20.7. The molecule has 4 aromatic rings. The van der Waals surface area contributed by atoms with Gasteiger partial charge >= 0.3 is 0 Å². The number of rotatable bonds is 3. The van der Waals surface area contributed by atoms with Crippen LogP contribution in [0.3, 0.4) is 0 Å². The van der Waals surface area contributed by atoms with Crippen molar-refractivity contribution in [2.45, 2.75) is 0 Å². The highest BCUT2D eigenvalue weighted by atomic mass is 35.5. The summed E-state index contributed by atoms with van der Waals surface area (Å²) in [5.74, 6) is -0.261. The summed E-state index contributed by atoms with van der Waals surface area (Å²) in [5, 5.41) is 7.93. The van der Waals surface area contributed by atoms with Crippen molar-refractivity contribution in [3.63, 3.8) is 0 Å². The Balaban J connectivity index is 1.62. The second kappa shape index (κ2) is 6.63. The summed E-state index contributed by atoms with van der Waals surface area (Å²) in [6.07, 6.45) is 1.44. The molecule has 0 saturated heterocycles. The number of halogens is 1. The van der Waals surface area contributed by atoms with E-state index >= 15 is 0 Å². The molecule has 4 nitrogen and oxygen atoms in total. The van der Waals surface area contributed by atoms with Crippen molar-refractivity contribution in [3.8, 4) is 11.3 Å². The summed E-state index contributed by atoms with van der Waals surface area (Å²) < 4.78 is 0. The Hall–Kier alpha value is -2.76. The van der Waals surface area contributed by atoms with Crippen molar-refractivity contribution in [2.24, 2.45) is 0 Å². The molecule has 0 aliphatic heterocycles. The third-order valence-corrected chi connectivity index (χ3v) is 4.76. The van der Waals surface area contributed by atoms with E-state index in [4.69, 9.17) is 11.6 Å². The number of aromatic nitrogens is 2. The maximum atomic E-state index is 12.3. The van der Waals surface area contributed by atoms with Gasteiger partial charge < -0.3 is 0 Å². The highest BCUT2D eigenvalue weighted by Gasteiger charge is 2.11. The molecule has 0 spiro atoms. The standard InChI is InChI=1S/C19H12ClN3OS/c20-17-9-8-13(10-21-17)18(24)23-19-22-16(11-25-19)15-7-3-5-12-4-1-2-6-14(12)15/h1-11H,(H,22,23,24). The Kier molecular flexibility index (Phi) is 4.17. The van der Waals surface area contributed by atoms with Gasteiger partial charge in [0.15, 0.2) is 5.13 Å². The Labute approximate surface area is 153 Å². The van der Waals surface area contributed by atoms with Crippen LogP contribution in [0.25, 0.3) is 22.0 Å². The molecule has 0 radical (unpaired) electrons. The molecule has 0 fully saturated rings. The fraction of sp³-hybridized carbons (Fsp3) is 0. The summed E-state index contributed by atoms with van der Waals surface area (Å²) in [5.41, 5.74) is 2.32. The number of benzene rings is 2. The maximum Gasteiger partial charge on any atom is 0.259 e. The summed E-state index contributed by atoms with van der Waals surface area (Å²) in [6.45, 7) is 0. The molecule has 1 N–H and O–H groups in total. The number of hydrogen-bond acceptors (Lipinski definition) is 4. The number of fused-ring (bicyclic) bond motifs is 1. The average molecular weight is 366 g/mol. The predicted molar refractivity (Wildman–Crippen MR) is 102 cm³/mol. The van der Waals surface area contributed by atoms with Gasteiger partial charge in [-0.05, 0) is 22.9 Å². The molecular formula is C19H12ClN3OS. The first-order chi connectivity index (χ1) is 12.2. The molecule has 0 atom stereocenters. The van der Waals surface area contributed by atoms with Crippen molar-refractivity contribution >= 4 is 44.7 Å². The lowest BCUT2D eigenvalue weighted by atomic mass is 10.0. The molecule has 0 saturated carbocycles. The zero-order chi connectivity index (χ0) is 17.2. The van der Waals surface area contributed by atoms with Crippen LogP contribution in [-0.4, -0.2) is 15.9 Å². The van der Waals surface area contributed by atoms with Gasteiger partial charge in [0.05, 0.1) is 11.3 Å². The molecule has 0 aliphatic rings. The molecule has 1 amide bonds. The first-order valence-corrected chi connectivity index (χ1v) is 8.83. The molecule has 2 aromatic heterocycles. The summed E-state index contributed by atoms with van der Waals surface area (Å²) >= 11 is 7.13. The molecule has 2 heterocycles. The highest BCUT2D eigenvalue weighted by Crippen LogP contribution is 2.31. The average Bonchev–Trinajstić information content (AvgIpc) is 3.10. The Morgan fingerprint density at radius 1 is 1.04 bits per heavy atom. The molecule has 25 heavy (non-hydrogen) atoms. The van der Waals surface area contributed by atoms with Gasteiger partial charge in [0, 0.05) is 17.1 Å². The third kappa shape index (κ3) is 3.24. The predicted octanol–water partition coefficient (Wildman–Crippen LogP) is 5.26. The smallest absolute Gasteiger partial charge is 0.259 e. The minimum Gasteiger partial charge on any atom is -0.298 e. The molecular weight excluding hydrogens is 354 g/mol. The molecule has 0 unspecified atom stereocenters. The summed E-state index contributed by atoms with van der Waals surface area (Å²) in [7, 11) is 0. The molecule has 0 bridgehead atoms. The van der Waals surface area contributed by atoms with E-state index in [0.717, 1.165) is 22.0 Å². The molecule has 2 aromatic carbocycles. The number of nitrogens with one attached hydrogen (secondary N) is 1. The molecule has 0 aliphatic carbocycles. The molecule has 4 rings (SSSR count). The van der Waals surface area contributed by atoms with Crippen molar-refractivity contribution < 1.29 is 4.79 Å². The SMILES string of the molecule is O=C(Nc1nc(-c2cccc3ccccc23)cs1)c1ccc(Cl)nc1. The number of anilines is 1. The van der Waals surface area contributed by atoms with Crippen LogP contribution in [0.1, 0.15) is 10.4 Å². The van der Waals surface area contributed by atoms with E-state index < -0.39 is 0 Å². The van der Waals surface area contributed by atoms with Crippen LogP contribution in [-0.2, 0) is 0 Å². The Bertz CT molecular complexity index is 1050. The number of carbonyl (C=O) groups excluding carboxylic acids is 1. The van der Waals surface area contributed by atoms with Crippen LogP contribution >= 0.6 is 22.9 Å². The number of pyridine rings is 1. The lowest BCUT2D eigenvalue weighted by molar-refractivity contribution is 0.102. The lowest BCUT2D eigenvalue weighted by Gasteiger charge is -2.04. The van der Waals surface area contributed by atoms with Gasteiger partial charge in [-0.2, -0.15) is 0 Å². The number of hydrogen-bond donors (Lipinski definition) is 1. The Morgan fingerprint density at radius 2 is 1.88 bits per heavy atom. The number of amides is 1. The van der Waals surface area contributed by atoms with E-state index in [9.17, 15) is 4.79 Å².